The smallest absolute Gasteiger partial charge is 0.261 e. The van der Waals surface area contributed by atoms with Gasteiger partial charge < -0.3 is 19.7 Å². The van der Waals surface area contributed by atoms with Crippen LogP contribution >= 0.6 is 23.2 Å². The summed E-state index contributed by atoms with van der Waals surface area (Å²) < 4.78 is 10.8. The average molecular weight is 481 g/mol. The summed E-state index contributed by atoms with van der Waals surface area (Å²) in [6.45, 7) is 5.63. The van der Waals surface area contributed by atoms with Crippen molar-refractivity contribution < 1.29 is 19.1 Å². The molecule has 2 aromatic carbocycles. The van der Waals surface area contributed by atoms with Gasteiger partial charge >= 0.3 is 0 Å². The minimum Gasteiger partial charge on any atom is -0.497 e. The predicted octanol–water partition coefficient (Wildman–Crippen LogP) is 5.10. The van der Waals surface area contributed by atoms with Gasteiger partial charge in [0.05, 0.1) is 7.11 Å². The zero-order chi connectivity index (χ0) is 23.7. The molecule has 32 heavy (non-hydrogen) atoms. The molecule has 0 radical (unpaired) electrons. The Bertz CT molecular complexity index is 885. The number of halogens is 2. The molecule has 174 valence electrons. The van der Waals surface area contributed by atoms with E-state index in [1.54, 1.807) is 49.6 Å². The third-order valence-electron chi connectivity index (χ3n) is 5.20. The van der Waals surface area contributed by atoms with Crippen molar-refractivity contribution in [3.8, 4) is 11.5 Å². The van der Waals surface area contributed by atoms with Crippen molar-refractivity contribution in [3.05, 3.63) is 58.1 Å². The molecule has 0 unspecified atom stereocenters. The first-order valence-corrected chi connectivity index (χ1v) is 11.4. The van der Waals surface area contributed by atoms with E-state index in [0.717, 1.165) is 6.42 Å². The Morgan fingerprint density at radius 3 is 2.12 bits per heavy atom. The topological polar surface area (TPSA) is 67.9 Å². The lowest BCUT2D eigenvalue weighted by atomic mass is 10.1. The number of nitrogens with one attached hydrogen (secondary N) is 1. The van der Waals surface area contributed by atoms with E-state index in [9.17, 15) is 9.59 Å². The molecule has 2 amide bonds. The first-order chi connectivity index (χ1) is 15.3. The summed E-state index contributed by atoms with van der Waals surface area (Å²) in [5.74, 6) is 0.643. The number of ether oxygens (including phenoxy) is 2. The highest BCUT2D eigenvalue weighted by atomic mass is 35.5. The predicted molar refractivity (Wildman–Crippen MR) is 127 cm³/mol. The Kier molecular flexibility index (Phi) is 10.1. The van der Waals surface area contributed by atoms with Crippen molar-refractivity contribution in [2.45, 2.75) is 52.2 Å². The van der Waals surface area contributed by atoms with E-state index < -0.39 is 6.04 Å². The molecule has 0 aliphatic heterocycles. The second-order valence-corrected chi connectivity index (χ2v) is 8.24. The van der Waals surface area contributed by atoms with Crippen LogP contribution in [0.5, 0.6) is 11.5 Å². The van der Waals surface area contributed by atoms with E-state index in [4.69, 9.17) is 32.7 Å². The van der Waals surface area contributed by atoms with E-state index in [1.165, 1.54) is 4.90 Å². The fraction of sp³-hybridized carbons (Fsp3) is 0.417. The normalized spacial score (nSPS) is 12.6. The van der Waals surface area contributed by atoms with Crippen LogP contribution in [-0.4, -0.2) is 42.5 Å². The molecule has 0 aromatic heterocycles. The lowest BCUT2D eigenvalue weighted by Gasteiger charge is -2.31. The first-order valence-electron chi connectivity index (χ1n) is 10.6. The molecule has 2 rings (SSSR count). The first kappa shape index (κ1) is 25.8. The number of hydrogen-bond donors (Lipinski definition) is 1. The third-order valence-corrected chi connectivity index (χ3v) is 5.91. The van der Waals surface area contributed by atoms with Crippen LogP contribution in [0.1, 0.15) is 39.2 Å². The molecule has 0 heterocycles. The molecule has 8 heteroatoms. The van der Waals surface area contributed by atoms with Gasteiger partial charge in [-0.15, -0.1) is 0 Å². The zero-order valence-electron chi connectivity index (χ0n) is 18.9. The van der Waals surface area contributed by atoms with Gasteiger partial charge in [-0.05, 0) is 56.2 Å². The number of methoxy groups -OCH3 is 1. The highest BCUT2D eigenvalue weighted by Crippen LogP contribution is 2.27. The van der Waals surface area contributed by atoms with Gasteiger partial charge in [0, 0.05) is 28.2 Å². The average Bonchev–Trinajstić information content (AvgIpc) is 2.79. The van der Waals surface area contributed by atoms with Gasteiger partial charge in [-0.1, -0.05) is 43.1 Å². The highest BCUT2D eigenvalue weighted by molar-refractivity contribution is 6.36. The maximum Gasteiger partial charge on any atom is 0.261 e. The van der Waals surface area contributed by atoms with Crippen molar-refractivity contribution in [2.24, 2.45) is 0 Å². The quantitative estimate of drug-likeness (QED) is 0.485. The molecular weight excluding hydrogens is 451 g/mol. The monoisotopic (exact) mass is 480 g/mol. The summed E-state index contributed by atoms with van der Waals surface area (Å²) >= 11 is 12.7. The fourth-order valence-electron chi connectivity index (χ4n) is 3.11. The number of rotatable bonds is 11. The van der Waals surface area contributed by atoms with Crippen LogP contribution in [0.2, 0.25) is 10.0 Å². The van der Waals surface area contributed by atoms with E-state index in [0.29, 0.717) is 33.5 Å². The van der Waals surface area contributed by atoms with Crippen molar-refractivity contribution in [3.63, 3.8) is 0 Å². The Morgan fingerprint density at radius 1 is 1.00 bits per heavy atom. The second-order valence-electron chi connectivity index (χ2n) is 7.43. The Hall–Kier alpha value is -2.44. The van der Waals surface area contributed by atoms with E-state index in [2.05, 4.69) is 5.32 Å². The molecule has 6 nitrogen and oxygen atoms in total. The third kappa shape index (κ3) is 7.04. The van der Waals surface area contributed by atoms with Gasteiger partial charge in [0.1, 0.15) is 17.5 Å². The Labute approximate surface area is 199 Å². The molecule has 0 fully saturated rings. The van der Waals surface area contributed by atoms with Crippen molar-refractivity contribution in [2.75, 3.05) is 13.7 Å². The molecule has 2 atom stereocenters. The number of nitrogens with zero attached hydrogens (tertiary/aromatic N) is 1. The molecule has 0 aliphatic rings. The summed E-state index contributed by atoms with van der Waals surface area (Å²) in [5.41, 5.74) is 0.587. The number of carbonyl (C=O) groups is 2. The number of carbonyl (C=O) groups excluding carboxylic acids is 2. The molecule has 0 saturated carbocycles. The van der Waals surface area contributed by atoms with Crippen LogP contribution in [0.15, 0.2) is 42.5 Å². The Morgan fingerprint density at radius 2 is 1.59 bits per heavy atom. The van der Waals surface area contributed by atoms with Crippen molar-refractivity contribution >= 4 is 35.0 Å². The van der Waals surface area contributed by atoms with Crippen LogP contribution in [0.25, 0.3) is 0 Å². The number of hydrogen-bond acceptors (Lipinski definition) is 4. The molecule has 0 saturated heterocycles. The minimum atomic E-state index is -0.691. The summed E-state index contributed by atoms with van der Waals surface area (Å²) in [6.07, 6.45) is 1.21. The summed E-state index contributed by atoms with van der Waals surface area (Å²) in [7, 11) is 1.58. The van der Waals surface area contributed by atoms with Crippen molar-refractivity contribution in [1.82, 2.24) is 10.2 Å². The molecule has 0 bridgehead atoms. The minimum absolute atomic E-state index is 0.00653. The summed E-state index contributed by atoms with van der Waals surface area (Å²) in [4.78, 5) is 27.7. The fourth-order valence-corrected chi connectivity index (χ4v) is 3.63. The highest BCUT2D eigenvalue weighted by Gasteiger charge is 2.30. The van der Waals surface area contributed by atoms with Crippen LogP contribution in [0.3, 0.4) is 0 Å². The summed E-state index contributed by atoms with van der Waals surface area (Å²) in [6, 6.07) is 11.4. The lowest BCUT2D eigenvalue weighted by Crippen LogP contribution is -2.51. The van der Waals surface area contributed by atoms with E-state index >= 15 is 0 Å². The van der Waals surface area contributed by atoms with E-state index in [-0.39, 0.29) is 31.0 Å². The molecule has 1 N–H and O–H groups in total. The standard InChI is InChI=1S/C24H30Cl2N2O4/c1-5-16(3)27-24(30)22(6-2)28(14-19-20(25)8-7-9-21(19)26)23(29)15-32-18-12-10-17(31-4)11-13-18/h7-13,16,22H,5-6,14-15H2,1-4H3,(H,27,30)/t16-,22+/m0/s1. The van der Waals surface area contributed by atoms with Gasteiger partial charge in [0.25, 0.3) is 5.91 Å². The largest absolute Gasteiger partial charge is 0.497 e. The second kappa shape index (κ2) is 12.6. The van der Waals surface area contributed by atoms with Crippen LogP contribution in [0.4, 0.5) is 0 Å². The number of amides is 2. The van der Waals surface area contributed by atoms with Gasteiger partial charge in [0.2, 0.25) is 5.91 Å². The SMILES string of the molecule is CC[C@H](C(=O)N[C@@H](C)CC)N(Cc1c(Cl)cccc1Cl)C(=O)COc1ccc(OC)cc1. The van der Waals surface area contributed by atoms with Crippen molar-refractivity contribution in [1.29, 1.82) is 0 Å². The maximum absolute atomic E-state index is 13.2. The van der Waals surface area contributed by atoms with Crippen LogP contribution < -0.4 is 14.8 Å². The molecule has 0 spiro atoms. The van der Waals surface area contributed by atoms with Gasteiger partial charge in [0.15, 0.2) is 6.61 Å². The molecule has 2 aromatic rings. The number of benzene rings is 2. The van der Waals surface area contributed by atoms with Gasteiger partial charge in [-0.2, -0.15) is 0 Å². The summed E-state index contributed by atoms with van der Waals surface area (Å²) in [5, 5.41) is 3.83. The van der Waals surface area contributed by atoms with E-state index in [1.807, 2.05) is 20.8 Å². The van der Waals surface area contributed by atoms with Gasteiger partial charge in [-0.25, -0.2) is 0 Å². The zero-order valence-corrected chi connectivity index (χ0v) is 20.4. The molecule has 0 aliphatic carbocycles. The Balaban J connectivity index is 2.26. The maximum atomic E-state index is 13.2. The van der Waals surface area contributed by atoms with Crippen LogP contribution in [0, 0.1) is 0 Å². The van der Waals surface area contributed by atoms with Crippen LogP contribution in [-0.2, 0) is 16.1 Å². The van der Waals surface area contributed by atoms with Gasteiger partial charge in [-0.3, -0.25) is 9.59 Å². The lowest BCUT2D eigenvalue weighted by molar-refractivity contribution is -0.143. The molecular formula is C24H30Cl2N2O4.